The molecule has 0 radical (unpaired) electrons. The number of amides is 1. The van der Waals surface area contributed by atoms with Gasteiger partial charge >= 0.3 is 0 Å². The Kier molecular flexibility index (Phi) is 14.6. The molecular formula is C36H42Cl2N8O3. The number of pyridine rings is 1. The maximum Gasteiger partial charge on any atom is 0.271 e. The van der Waals surface area contributed by atoms with E-state index in [0.717, 1.165) is 40.7 Å². The minimum atomic E-state index is -0.290. The van der Waals surface area contributed by atoms with Crippen LogP contribution >= 0.6 is 23.2 Å². The zero-order valence-corrected chi connectivity index (χ0v) is 30.2. The number of benzene rings is 2. The van der Waals surface area contributed by atoms with Crippen molar-refractivity contribution in [3.8, 4) is 11.3 Å². The number of anilines is 3. The topological polar surface area (TPSA) is 139 Å². The van der Waals surface area contributed by atoms with E-state index in [0.29, 0.717) is 39.2 Å². The molecule has 0 atom stereocenters. The average Bonchev–Trinajstić information content (AvgIpc) is 3.49. The summed E-state index contributed by atoms with van der Waals surface area (Å²) >= 11 is 11.9. The Morgan fingerprint density at radius 3 is 2.33 bits per heavy atom. The van der Waals surface area contributed by atoms with Gasteiger partial charge in [-0.25, -0.2) is 4.68 Å². The largest absolute Gasteiger partial charge is 0.383 e. The molecule has 0 aliphatic heterocycles. The van der Waals surface area contributed by atoms with Crippen molar-refractivity contribution in [2.24, 2.45) is 7.05 Å². The van der Waals surface area contributed by atoms with Gasteiger partial charge in [0.25, 0.3) is 5.56 Å². The maximum absolute atomic E-state index is 12.1. The fourth-order valence-corrected chi connectivity index (χ4v) is 5.23. The van der Waals surface area contributed by atoms with Gasteiger partial charge in [0.05, 0.1) is 39.9 Å². The highest BCUT2D eigenvalue weighted by molar-refractivity contribution is 6.39. The van der Waals surface area contributed by atoms with Crippen molar-refractivity contribution in [3.05, 3.63) is 110 Å². The van der Waals surface area contributed by atoms with Crippen molar-refractivity contribution < 1.29 is 9.53 Å². The number of fused-ring (bicyclic) bond motifs is 1. The van der Waals surface area contributed by atoms with E-state index < -0.39 is 0 Å². The Hall–Kier alpha value is -4.97. The number of aryl methyl sites for hydroxylation is 1. The van der Waals surface area contributed by atoms with Crippen LogP contribution in [0.15, 0.2) is 89.3 Å². The van der Waals surface area contributed by atoms with Gasteiger partial charge in [-0.05, 0) is 43.7 Å². The molecule has 4 N–H and O–H groups in total. The molecule has 0 saturated carbocycles. The second kappa shape index (κ2) is 18.5. The number of allylic oxidation sites excluding steroid dienone is 1. The number of likely N-dealkylation sites (N-methyl/N-ethyl adjacent to an activating group) is 1. The number of ether oxygens (including phenoxy) is 1. The molecule has 5 rings (SSSR count). The summed E-state index contributed by atoms with van der Waals surface area (Å²) in [6, 6.07) is 18.8. The first-order valence-electron chi connectivity index (χ1n) is 15.6. The second-order valence-corrected chi connectivity index (χ2v) is 11.2. The highest BCUT2D eigenvalue weighted by atomic mass is 35.5. The molecule has 258 valence electrons. The van der Waals surface area contributed by atoms with Gasteiger partial charge in [0.2, 0.25) is 5.91 Å². The van der Waals surface area contributed by atoms with Crippen molar-refractivity contribution in [2.45, 2.75) is 34.2 Å². The molecule has 2 aromatic carbocycles. The van der Waals surface area contributed by atoms with Gasteiger partial charge in [0.1, 0.15) is 0 Å². The summed E-state index contributed by atoms with van der Waals surface area (Å²) in [4.78, 5) is 27.4. The highest BCUT2D eigenvalue weighted by Crippen LogP contribution is 2.32. The van der Waals surface area contributed by atoms with Crippen LogP contribution in [-0.2, 0) is 23.1 Å². The number of hydrogen-bond donors (Lipinski definition) is 4. The molecule has 49 heavy (non-hydrogen) atoms. The van der Waals surface area contributed by atoms with Crippen molar-refractivity contribution in [1.82, 2.24) is 24.6 Å². The van der Waals surface area contributed by atoms with Crippen LogP contribution in [0.5, 0.6) is 0 Å². The number of hydrogen-bond acceptors (Lipinski definition) is 8. The second-order valence-electron chi connectivity index (χ2n) is 10.4. The molecule has 0 bridgehead atoms. The molecule has 0 unspecified atom stereocenters. The normalized spacial score (nSPS) is 11.0. The van der Waals surface area contributed by atoms with Gasteiger partial charge in [-0.15, -0.1) is 0 Å². The fraction of sp³-hybridized carbons (Fsp3) is 0.250. The predicted octanol–water partition coefficient (Wildman–Crippen LogP) is 7.60. The van der Waals surface area contributed by atoms with Gasteiger partial charge < -0.3 is 30.7 Å². The summed E-state index contributed by atoms with van der Waals surface area (Å²) in [6.45, 7) is 8.81. The van der Waals surface area contributed by atoms with E-state index >= 15 is 0 Å². The number of methoxy groups -OCH3 is 1. The molecule has 3 heterocycles. The molecule has 13 heteroatoms. The van der Waals surface area contributed by atoms with Crippen LogP contribution in [-0.4, -0.2) is 52.2 Å². The summed E-state index contributed by atoms with van der Waals surface area (Å²) < 4.78 is 8.94. The summed E-state index contributed by atoms with van der Waals surface area (Å²) in [5.41, 5.74) is 6.72. The Morgan fingerprint density at radius 2 is 1.71 bits per heavy atom. The number of carbonyl (C=O) groups excluding carboxylic acids is 1. The van der Waals surface area contributed by atoms with Crippen LogP contribution in [0.25, 0.3) is 22.2 Å². The van der Waals surface area contributed by atoms with E-state index in [1.807, 2.05) is 38.1 Å². The van der Waals surface area contributed by atoms with Gasteiger partial charge in [-0.1, -0.05) is 67.4 Å². The van der Waals surface area contributed by atoms with Gasteiger partial charge in [0.15, 0.2) is 0 Å². The number of rotatable bonds is 10. The van der Waals surface area contributed by atoms with Gasteiger partial charge in [-0.3, -0.25) is 14.6 Å². The minimum absolute atomic E-state index is 0.104. The zero-order valence-electron chi connectivity index (χ0n) is 28.7. The molecule has 3 aromatic heterocycles. The quantitative estimate of drug-likeness (QED) is 0.0867. The zero-order chi connectivity index (χ0) is 36.1. The summed E-state index contributed by atoms with van der Waals surface area (Å²) in [6.07, 6.45) is 5.55. The Bertz CT molecular complexity index is 1970. The van der Waals surface area contributed by atoms with Gasteiger partial charge in [0, 0.05) is 79.8 Å². The van der Waals surface area contributed by atoms with Crippen LogP contribution in [0.4, 0.5) is 17.1 Å². The highest BCUT2D eigenvalue weighted by Gasteiger charge is 2.13. The summed E-state index contributed by atoms with van der Waals surface area (Å²) in [5, 5.41) is 21.8. The van der Waals surface area contributed by atoms with Crippen molar-refractivity contribution in [2.75, 3.05) is 31.4 Å². The molecule has 0 aliphatic carbocycles. The smallest absolute Gasteiger partial charge is 0.271 e. The molecular weight excluding hydrogens is 663 g/mol. The third-order valence-electron chi connectivity index (χ3n) is 7.38. The first-order chi connectivity index (χ1) is 23.6. The van der Waals surface area contributed by atoms with Crippen LogP contribution in [0.1, 0.15) is 26.3 Å². The summed E-state index contributed by atoms with van der Waals surface area (Å²) in [7, 11) is 4.88. The van der Waals surface area contributed by atoms with Crippen LogP contribution in [0.3, 0.4) is 0 Å². The molecule has 0 spiro atoms. The van der Waals surface area contributed by atoms with Crippen LogP contribution < -0.4 is 21.5 Å². The number of aromatic nitrogens is 4. The van der Waals surface area contributed by atoms with E-state index in [9.17, 15) is 9.59 Å². The fourth-order valence-electron chi connectivity index (χ4n) is 4.77. The Morgan fingerprint density at radius 1 is 1.04 bits per heavy atom. The predicted molar refractivity (Wildman–Crippen MR) is 202 cm³/mol. The molecule has 0 fully saturated rings. The number of halogens is 2. The first kappa shape index (κ1) is 38.5. The van der Waals surface area contributed by atoms with E-state index in [1.54, 1.807) is 34.2 Å². The van der Waals surface area contributed by atoms with E-state index in [4.69, 9.17) is 33.3 Å². The first-order valence-corrected chi connectivity index (χ1v) is 16.3. The van der Waals surface area contributed by atoms with Gasteiger partial charge in [-0.2, -0.15) is 5.10 Å². The standard InChI is InChI=1S/C23H24N4O2.C11H12Cl2N4O.C2H6/c1-16-20(15-24-26(2)23(16)28)25-19-9-10-21-18(13-19)14-22(27(21)11-12-29-3)17-7-5-4-6-8-17;1-6(11(18)15-2)9(3-14)17-10-7(12)4-16-5-8(10)13;1-2/h4-10,13-15,25H,11-12H2,1-3H3;3-5,14H,1-2H3,(H,15,18)(H,16,17);1-2H3/b;9-6+,14-3?;. The summed E-state index contributed by atoms with van der Waals surface area (Å²) in [5.74, 6) is -0.290. The molecule has 0 saturated heterocycles. The lowest BCUT2D eigenvalue weighted by molar-refractivity contribution is -0.117. The Labute approximate surface area is 296 Å². The average molecular weight is 706 g/mol. The third kappa shape index (κ3) is 9.56. The van der Waals surface area contributed by atoms with Crippen molar-refractivity contribution >= 4 is 63.3 Å². The lowest BCUT2D eigenvalue weighted by atomic mass is 10.1. The Balaban J connectivity index is 0.000000281. The molecule has 11 nitrogen and oxygen atoms in total. The van der Waals surface area contributed by atoms with Crippen LogP contribution in [0.2, 0.25) is 10.0 Å². The molecule has 0 aliphatic rings. The van der Waals surface area contributed by atoms with Crippen LogP contribution in [0, 0.1) is 12.3 Å². The lowest BCUT2D eigenvalue weighted by Crippen LogP contribution is -2.22. The SMILES string of the molecule is CC.CNC(=O)/C(C)=C(\C=N)Nc1c(Cl)cncc1Cl.COCCn1c(-c2ccccc2)cc2cc(Nc3cnn(C)c(=O)c3C)ccc21. The van der Waals surface area contributed by atoms with E-state index in [1.165, 1.54) is 29.7 Å². The minimum Gasteiger partial charge on any atom is -0.383 e. The van der Waals surface area contributed by atoms with E-state index in [-0.39, 0.29) is 11.5 Å². The monoisotopic (exact) mass is 704 g/mol. The number of carbonyl (C=O) groups is 1. The number of nitrogens with zero attached hydrogens (tertiary/aromatic N) is 4. The number of nitrogens with one attached hydrogen (secondary N) is 4. The third-order valence-corrected chi connectivity index (χ3v) is 7.95. The van der Waals surface area contributed by atoms with Crippen molar-refractivity contribution in [1.29, 1.82) is 5.41 Å². The lowest BCUT2D eigenvalue weighted by Gasteiger charge is -2.12. The molecule has 1 amide bonds. The molecule has 5 aromatic rings. The maximum atomic E-state index is 12.1. The van der Waals surface area contributed by atoms with E-state index in [2.05, 4.69) is 60.9 Å². The van der Waals surface area contributed by atoms with Crippen molar-refractivity contribution in [3.63, 3.8) is 0 Å².